The van der Waals surface area contributed by atoms with Crippen LogP contribution in [0, 0.1) is 0 Å². The van der Waals surface area contributed by atoms with Crippen molar-refractivity contribution in [1.82, 2.24) is 0 Å². The van der Waals surface area contributed by atoms with Gasteiger partial charge in [-0.3, -0.25) is 0 Å². The van der Waals surface area contributed by atoms with Gasteiger partial charge in [-0.2, -0.15) is 0 Å². The number of rotatable bonds is 4. The number of hydrogen-bond donors (Lipinski definition) is 0. The van der Waals surface area contributed by atoms with Gasteiger partial charge in [0.05, 0.1) is 0 Å². The first kappa shape index (κ1) is 12.9. The van der Waals surface area contributed by atoms with Gasteiger partial charge in [-0.05, 0) is 31.5 Å². The summed E-state index contributed by atoms with van der Waals surface area (Å²) in [6, 6.07) is 0. The molecule has 0 fully saturated rings. The van der Waals surface area contributed by atoms with Gasteiger partial charge in [-0.15, -0.1) is 6.58 Å². The summed E-state index contributed by atoms with van der Waals surface area (Å²) in [5, 5.41) is 0.308. The monoisotopic (exact) mass is 200 g/mol. The van der Waals surface area contributed by atoms with Gasteiger partial charge < -0.3 is 4.43 Å². The van der Waals surface area contributed by atoms with Gasteiger partial charge >= 0.3 is 0 Å². The molecule has 0 aromatic rings. The third kappa shape index (κ3) is 4.10. The van der Waals surface area contributed by atoms with Gasteiger partial charge in [0.2, 0.25) is 0 Å². The van der Waals surface area contributed by atoms with Crippen LogP contribution in [0.15, 0.2) is 12.7 Å². The fourth-order valence-corrected chi connectivity index (χ4v) is 2.42. The van der Waals surface area contributed by atoms with E-state index in [1.54, 1.807) is 0 Å². The SMILES string of the molecule is C=CC[C@H](C)O[Si](C)(C)C(C)(C)C. The minimum absolute atomic E-state index is 0.308. The Morgan fingerprint density at radius 1 is 1.38 bits per heavy atom. The van der Waals surface area contributed by atoms with Gasteiger partial charge in [-0.25, -0.2) is 0 Å². The van der Waals surface area contributed by atoms with Crippen molar-refractivity contribution in [3.8, 4) is 0 Å². The predicted molar refractivity (Wildman–Crippen MR) is 62.6 cm³/mol. The molecule has 0 amide bonds. The molecule has 0 unspecified atom stereocenters. The molecule has 13 heavy (non-hydrogen) atoms. The highest BCUT2D eigenvalue weighted by Crippen LogP contribution is 2.37. The van der Waals surface area contributed by atoms with Gasteiger partial charge in [-0.1, -0.05) is 26.8 Å². The van der Waals surface area contributed by atoms with E-state index < -0.39 is 8.32 Å². The van der Waals surface area contributed by atoms with Crippen molar-refractivity contribution in [2.75, 3.05) is 0 Å². The van der Waals surface area contributed by atoms with E-state index in [0.717, 1.165) is 6.42 Å². The standard InChI is InChI=1S/C11H24OSi/c1-8-9-10(2)12-13(6,7)11(3,4)5/h8,10H,1,9H2,2-7H3/t10-/m0/s1. The first-order valence-electron chi connectivity index (χ1n) is 4.99. The van der Waals surface area contributed by atoms with Crippen LogP contribution < -0.4 is 0 Å². The fourth-order valence-electron chi connectivity index (χ4n) is 0.963. The third-order valence-corrected chi connectivity index (χ3v) is 7.40. The van der Waals surface area contributed by atoms with Crippen molar-refractivity contribution >= 4 is 8.32 Å². The molecule has 0 saturated heterocycles. The minimum atomic E-state index is -1.55. The molecular weight excluding hydrogens is 176 g/mol. The third-order valence-electron chi connectivity index (χ3n) is 2.80. The van der Waals surface area contributed by atoms with Gasteiger partial charge in [0.15, 0.2) is 8.32 Å². The first-order valence-corrected chi connectivity index (χ1v) is 7.90. The van der Waals surface area contributed by atoms with Gasteiger partial charge in [0.25, 0.3) is 0 Å². The molecule has 0 aliphatic rings. The maximum atomic E-state index is 6.11. The van der Waals surface area contributed by atoms with Crippen LogP contribution in [-0.4, -0.2) is 14.4 Å². The lowest BCUT2D eigenvalue weighted by atomic mass is 10.2. The van der Waals surface area contributed by atoms with Crippen molar-refractivity contribution in [2.45, 2.75) is 58.4 Å². The lowest BCUT2D eigenvalue weighted by Gasteiger charge is -2.38. The quantitative estimate of drug-likeness (QED) is 0.493. The second kappa shape index (κ2) is 4.42. The highest BCUT2D eigenvalue weighted by molar-refractivity contribution is 6.74. The topological polar surface area (TPSA) is 9.23 Å². The molecule has 0 bridgehead atoms. The molecule has 0 aromatic carbocycles. The van der Waals surface area contributed by atoms with Crippen molar-refractivity contribution in [3.05, 3.63) is 12.7 Å². The summed E-state index contributed by atoms with van der Waals surface area (Å²) >= 11 is 0. The van der Waals surface area contributed by atoms with Crippen molar-refractivity contribution < 1.29 is 4.43 Å². The average Bonchev–Trinajstić information content (AvgIpc) is 1.83. The van der Waals surface area contributed by atoms with Crippen LogP contribution in [0.5, 0.6) is 0 Å². The second-order valence-corrected chi connectivity index (χ2v) is 9.97. The fraction of sp³-hybridized carbons (Fsp3) is 0.818. The van der Waals surface area contributed by atoms with E-state index in [9.17, 15) is 0 Å². The van der Waals surface area contributed by atoms with Gasteiger partial charge in [0, 0.05) is 6.10 Å². The van der Waals surface area contributed by atoms with E-state index in [4.69, 9.17) is 4.43 Å². The second-order valence-electron chi connectivity index (χ2n) is 5.21. The highest BCUT2D eigenvalue weighted by Gasteiger charge is 2.38. The summed E-state index contributed by atoms with van der Waals surface area (Å²) < 4.78 is 6.11. The molecule has 0 aliphatic carbocycles. The van der Waals surface area contributed by atoms with E-state index in [-0.39, 0.29) is 0 Å². The zero-order valence-corrected chi connectivity index (χ0v) is 11.0. The molecule has 0 saturated carbocycles. The van der Waals surface area contributed by atoms with Crippen molar-refractivity contribution in [3.63, 3.8) is 0 Å². The summed E-state index contributed by atoms with van der Waals surface area (Å²) in [5.41, 5.74) is 0. The Hall–Kier alpha value is -0.0831. The summed E-state index contributed by atoms with van der Waals surface area (Å²) in [6.45, 7) is 17.2. The zero-order chi connectivity index (χ0) is 10.7. The molecule has 0 rings (SSSR count). The first-order chi connectivity index (χ1) is 5.70. The maximum absolute atomic E-state index is 6.11. The molecule has 0 heterocycles. The molecule has 0 N–H and O–H groups in total. The van der Waals surface area contributed by atoms with Crippen LogP contribution >= 0.6 is 0 Å². The van der Waals surface area contributed by atoms with Gasteiger partial charge in [0.1, 0.15) is 0 Å². The summed E-state index contributed by atoms with van der Waals surface area (Å²) in [4.78, 5) is 0. The zero-order valence-electron chi connectivity index (χ0n) is 9.98. The molecule has 2 heteroatoms. The van der Waals surface area contributed by atoms with E-state index in [2.05, 4.69) is 47.4 Å². The highest BCUT2D eigenvalue weighted by atomic mass is 28.4. The Labute approximate surface area is 84.3 Å². The van der Waals surface area contributed by atoms with Crippen LogP contribution in [0.25, 0.3) is 0 Å². The Morgan fingerprint density at radius 3 is 2.15 bits per heavy atom. The Morgan fingerprint density at radius 2 is 1.85 bits per heavy atom. The molecule has 0 radical (unpaired) electrons. The lowest BCUT2D eigenvalue weighted by molar-refractivity contribution is 0.202. The molecule has 0 spiro atoms. The van der Waals surface area contributed by atoms with Crippen molar-refractivity contribution in [1.29, 1.82) is 0 Å². The molecule has 0 aromatic heterocycles. The average molecular weight is 200 g/mol. The van der Waals surface area contributed by atoms with Crippen LogP contribution in [0.4, 0.5) is 0 Å². The molecule has 0 aliphatic heterocycles. The van der Waals surface area contributed by atoms with E-state index in [1.165, 1.54) is 0 Å². The van der Waals surface area contributed by atoms with Crippen molar-refractivity contribution in [2.24, 2.45) is 0 Å². The normalized spacial score (nSPS) is 15.5. The van der Waals surface area contributed by atoms with Crippen LogP contribution in [0.1, 0.15) is 34.1 Å². The Balaban J connectivity index is 4.24. The molecular formula is C11H24OSi. The summed E-state index contributed by atoms with van der Waals surface area (Å²) in [7, 11) is -1.55. The summed E-state index contributed by atoms with van der Waals surface area (Å²) in [6.07, 6.45) is 3.20. The van der Waals surface area contributed by atoms with Crippen LogP contribution in [-0.2, 0) is 4.43 Å². The number of hydrogen-bond acceptors (Lipinski definition) is 1. The molecule has 1 atom stereocenters. The van der Waals surface area contributed by atoms with E-state index in [0.29, 0.717) is 11.1 Å². The predicted octanol–water partition coefficient (Wildman–Crippen LogP) is 3.97. The molecule has 1 nitrogen and oxygen atoms in total. The Bertz CT molecular complexity index is 167. The van der Waals surface area contributed by atoms with E-state index in [1.807, 2.05) is 6.08 Å². The van der Waals surface area contributed by atoms with Crippen LogP contribution in [0.2, 0.25) is 18.1 Å². The summed E-state index contributed by atoms with van der Waals surface area (Å²) in [5.74, 6) is 0. The largest absolute Gasteiger partial charge is 0.414 e. The maximum Gasteiger partial charge on any atom is 0.192 e. The van der Waals surface area contributed by atoms with E-state index >= 15 is 0 Å². The Kier molecular flexibility index (Phi) is 4.40. The molecule has 78 valence electrons. The lowest BCUT2D eigenvalue weighted by Crippen LogP contribution is -2.43. The smallest absolute Gasteiger partial charge is 0.192 e. The van der Waals surface area contributed by atoms with Crippen LogP contribution in [0.3, 0.4) is 0 Å². The minimum Gasteiger partial charge on any atom is -0.414 e.